The van der Waals surface area contributed by atoms with Gasteiger partial charge in [0.05, 0.1) is 19.8 Å². The fourth-order valence-electron chi connectivity index (χ4n) is 3.39. The van der Waals surface area contributed by atoms with Crippen molar-refractivity contribution in [2.75, 3.05) is 14.2 Å². The van der Waals surface area contributed by atoms with Crippen LogP contribution in [0.2, 0.25) is 0 Å². The van der Waals surface area contributed by atoms with Gasteiger partial charge < -0.3 is 9.47 Å². The first-order chi connectivity index (χ1) is 10.8. The van der Waals surface area contributed by atoms with Crippen LogP contribution >= 0.6 is 0 Å². The lowest BCUT2D eigenvalue weighted by atomic mass is 9.91. The summed E-state index contributed by atoms with van der Waals surface area (Å²) in [7, 11) is 3.16. The van der Waals surface area contributed by atoms with Crippen LogP contribution in [0.1, 0.15) is 10.4 Å². The van der Waals surface area contributed by atoms with Crippen molar-refractivity contribution in [2.24, 2.45) is 0 Å². The molecule has 0 N–H and O–H groups in total. The summed E-state index contributed by atoms with van der Waals surface area (Å²) >= 11 is 0. The SMILES string of the molecule is COc1c(C=O)c2ccc3cccc4ccc(c1OC)c2c34. The lowest BCUT2D eigenvalue weighted by molar-refractivity contribution is 0.112. The number of ether oxygens (including phenoxy) is 2. The Labute approximate surface area is 127 Å². The average Bonchev–Trinajstić information content (AvgIpc) is 2.58. The lowest BCUT2D eigenvalue weighted by Gasteiger charge is -2.18. The molecular weight excluding hydrogens is 276 g/mol. The largest absolute Gasteiger partial charge is 0.492 e. The Morgan fingerprint density at radius 2 is 1.41 bits per heavy atom. The van der Waals surface area contributed by atoms with Crippen LogP contribution in [0.15, 0.2) is 42.5 Å². The fraction of sp³-hybridized carbons (Fsp3) is 0.105. The number of carbonyl (C=O) groups is 1. The van der Waals surface area contributed by atoms with E-state index >= 15 is 0 Å². The van der Waals surface area contributed by atoms with E-state index in [9.17, 15) is 4.79 Å². The van der Waals surface area contributed by atoms with Crippen LogP contribution in [0.4, 0.5) is 0 Å². The van der Waals surface area contributed by atoms with Gasteiger partial charge in [-0.1, -0.05) is 36.4 Å². The van der Waals surface area contributed by atoms with E-state index in [1.54, 1.807) is 14.2 Å². The third kappa shape index (κ3) is 1.48. The summed E-state index contributed by atoms with van der Waals surface area (Å²) in [4.78, 5) is 11.7. The van der Waals surface area contributed by atoms with E-state index in [0.29, 0.717) is 17.1 Å². The zero-order valence-electron chi connectivity index (χ0n) is 12.3. The second kappa shape index (κ2) is 4.60. The van der Waals surface area contributed by atoms with E-state index in [1.165, 1.54) is 0 Å². The molecule has 0 aliphatic carbocycles. The Morgan fingerprint density at radius 1 is 0.773 bits per heavy atom. The highest BCUT2D eigenvalue weighted by Gasteiger charge is 2.20. The first-order valence-electron chi connectivity index (χ1n) is 7.06. The number of rotatable bonds is 3. The number of carbonyl (C=O) groups excluding carboxylic acids is 1. The maximum atomic E-state index is 11.7. The first-order valence-corrected chi connectivity index (χ1v) is 7.06. The van der Waals surface area contributed by atoms with Gasteiger partial charge in [0.15, 0.2) is 17.8 Å². The van der Waals surface area contributed by atoms with Gasteiger partial charge in [0, 0.05) is 10.8 Å². The van der Waals surface area contributed by atoms with Crippen molar-refractivity contribution >= 4 is 38.6 Å². The zero-order chi connectivity index (χ0) is 15.3. The quantitative estimate of drug-likeness (QED) is 0.414. The molecule has 0 aliphatic rings. The van der Waals surface area contributed by atoms with Crippen molar-refractivity contribution in [3.05, 3.63) is 48.0 Å². The molecule has 0 aromatic heterocycles. The van der Waals surface area contributed by atoms with Crippen molar-refractivity contribution in [3.63, 3.8) is 0 Å². The molecule has 0 amide bonds. The van der Waals surface area contributed by atoms with Crippen LogP contribution < -0.4 is 9.47 Å². The second-order valence-electron chi connectivity index (χ2n) is 5.28. The van der Waals surface area contributed by atoms with Crippen LogP contribution in [0.5, 0.6) is 11.5 Å². The van der Waals surface area contributed by atoms with Crippen LogP contribution in [-0.2, 0) is 0 Å². The van der Waals surface area contributed by atoms with Gasteiger partial charge in [0.2, 0.25) is 0 Å². The van der Waals surface area contributed by atoms with Gasteiger partial charge in [-0.2, -0.15) is 0 Å². The van der Waals surface area contributed by atoms with Crippen LogP contribution in [-0.4, -0.2) is 20.5 Å². The highest BCUT2D eigenvalue weighted by atomic mass is 16.5. The van der Waals surface area contributed by atoms with Gasteiger partial charge in [-0.3, -0.25) is 4.79 Å². The molecule has 0 heterocycles. The van der Waals surface area contributed by atoms with Gasteiger partial charge in [-0.25, -0.2) is 0 Å². The minimum Gasteiger partial charge on any atom is -0.492 e. The molecule has 108 valence electrons. The molecule has 3 heteroatoms. The van der Waals surface area contributed by atoms with E-state index in [2.05, 4.69) is 18.2 Å². The Balaban J connectivity index is 2.39. The molecule has 0 spiro atoms. The van der Waals surface area contributed by atoms with Crippen LogP contribution in [0.3, 0.4) is 0 Å². The first kappa shape index (κ1) is 12.9. The van der Waals surface area contributed by atoms with E-state index in [-0.39, 0.29) is 0 Å². The summed E-state index contributed by atoms with van der Waals surface area (Å²) in [6.07, 6.45) is 0.841. The molecule has 0 bridgehead atoms. The predicted molar refractivity (Wildman–Crippen MR) is 88.6 cm³/mol. The molecule has 4 aromatic rings. The summed E-state index contributed by atoms with van der Waals surface area (Å²) in [6.45, 7) is 0. The molecule has 0 atom stereocenters. The second-order valence-corrected chi connectivity index (χ2v) is 5.28. The Bertz CT molecular complexity index is 1000. The van der Waals surface area contributed by atoms with Gasteiger partial charge in [0.25, 0.3) is 0 Å². The third-order valence-corrected chi connectivity index (χ3v) is 4.29. The maximum Gasteiger partial charge on any atom is 0.172 e. The molecular formula is C19H14O3. The van der Waals surface area contributed by atoms with Crippen molar-refractivity contribution in [2.45, 2.75) is 0 Å². The number of hydrogen-bond acceptors (Lipinski definition) is 3. The molecule has 4 aromatic carbocycles. The molecule has 0 radical (unpaired) electrons. The molecule has 0 fully saturated rings. The van der Waals surface area contributed by atoms with E-state index in [0.717, 1.165) is 38.6 Å². The molecule has 0 unspecified atom stereocenters. The third-order valence-electron chi connectivity index (χ3n) is 4.29. The van der Waals surface area contributed by atoms with Gasteiger partial charge in [-0.15, -0.1) is 0 Å². The number of methoxy groups -OCH3 is 2. The summed E-state index contributed by atoms with van der Waals surface area (Å²) in [5.74, 6) is 1.10. The molecule has 22 heavy (non-hydrogen) atoms. The predicted octanol–water partition coefficient (Wildman–Crippen LogP) is 4.41. The topological polar surface area (TPSA) is 35.5 Å². The summed E-state index contributed by atoms with van der Waals surface area (Å²) in [5.41, 5.74) is 0.533. The van der Waals surface area contributed by atoms with Crippen LogP contribution in [0, 0.1) is 0 Å². The van der Waals surface area contributed by atoms with E-state index < -0.39 is 0 Å². The minimum absolute atomic E-state index is 0.489. The van der Waals surface area contributed by atoms with Gasteiger partial charge >= 0.3 is 0 Å². The minimum atomic E-state index is 0.489. The monoisotopic (exact) mass is 290 g/mol. The molecule has 0 saturated heterocycles. The molecule has 0 saturated carbocycles. The van der Waals surface area contributed by atoms with Gasteiger partial charge in [0.1, 0.15) is 0 Å². The van der Waals surface area contributed by atoms with Crippen molar-refractivity contribution in [1.82, 2.24) is 0 Å². The maximum absolute atomic E-state index is 11.7. The Hall–Kier alpha value is -2.81. The Morgan fingerprint density at radius 3 is 2.00 bits per heavy atom. The highest BCUT2D eigenvalue weighted by molar-refractivity contribution is 6.27. The number of hydrogen-bond donors (Lipinski definition) is 0. The molecule has 3 nitrogen and oxygen atoms in total. The Kier molecular flexibility index (Phi) is 2.70. The van der Waals surface area contributed by atoms with E-state index in [4.69, 9.17) is 9.47 Å². The fourth-order valence-corrected chi connectivity index (χ4v) is 3.39. The molecule has 0 aliphatic heterocycles. The highest BCUT2D eigenvalue weighted by Crippen LogP contribution is 2.45. The smallest absolute Gasteiger partial charge is 0.172 e. The van der Waals surface area contributed by atoms with Crippen molar-refractivity contribution < 1.29 is 14.3 Å². The summed E-state index contributed by atoms with van der Waals surface area (Å²) < 4.78 is 11.0. The normalized spacial score (nSPS) is 11.4. The summed E-state index contributed by atoms with van der Waals surface area (Å²) in [6, 6.07) is 14.3. The zero-order valence-corrected chi connectivity index (χ0v) is 12.3. The van der Waals surface area contributed by atoms with Gasteiger partial charge in [-0.05, 0) is 27.6 Å². The lowest BCUT2D eigenvalue weighted by Crippen LogP contribution is -1.99. The summed E-state index contributed by atoms with van der Waals surface area (Å²) in [5, 5.41) is 6.37. The number of aldehydes is 1. The standard InChI is InChI=1S/C19H14O3/c1-21-18-14-9-7-12-5-3-4-11-6-8-13(17(14)16(11)12)15(10-20)19(18)22-2/h3-10H,1-2H3. The molecule has 4 rings (SSSR count). The van der Waals surface area contributed by atoms with E-state index in [1.807, 2.05) is 24.3 Å². The van der Waals surface area contributed by atoms with Crippen LogP contribution in [0.25, 0.3) is 32.3 Å². The van der Waals surface area contributed by atoms with Crippen molar-refractivity contribution in [1.29, 1.82) is 0 Å². The average molecular weight is 290 g/mol. The number of benzene rings is 4. The van der Waals surface area contributed by atoms with Crippen molar-refractivity contribution in [3.8, 4) is 11.5 Å².